The van der Waals surface area contributed by atoms with Crippen molar-refractivity contribution in [2.45, 2.75) is 26.8 Å². The second kappa shape index (κ2) is 4.45. The second-order valence-electron chi connectivity index (χ2n) is 4.16. The van der Waals surface area contributed by atoms with Crippen LogP contribution in [0.15, 0.2) is 16.5 Å². The molecule has 0 saturated heterocycles. The van der Waals surface area contributed by atoms with Gasteiger partial charge in [-0.1, -0.05) is 6.92 Å². The summed E-state index contributed by atoms with van der Waals surface area (Å²) in [6.45, 7) is 6.39. The van der Waals surface area contributed by atoms with Crippen molar-refractivity contribution in [3.8, 4) is 0 Å². The third-order valence-corrected chi connectivity index (χ3v) is 2.84. The van der Waals surface area contributed by atoms with Gasteiger partial charge >= 0.3 is 0 Å². The number of fused-ring (bicyclic) bond motifs is 1. The monoisotopic (exact) mass is 239 g/mol. The van der Waals surface area contributed by atoms with Gasteiger partial charge in [0.1, 0.15) is 11.3 Å². The minimum absolute atomic E-state index is 0.0192. The van der Waals surface area contributed by atoms with E-state index in [1.807, 2.05) is 13.8 Å². The number of hydrogen-bond acceptors (Lipinski definition) is 2. The largest absolute Gasteiger partial charge is 0.459 e. The van der Waals surface area contributed by atoms with Gasteiger partial charge in [-0.3, -0.25) is 0 Å². The fourth-order valence-corrected chi connectivity index (χ4v) is 1.93. The molecule has 0 aliphatic heterocycles. The molecule has 0 fully saturated rings. The minimum atomic E-state index is -0.843. The van der Waals surface area contributed by atoms with Crippen molar-refractivity contribution < 1.29 is 13.2 Å². The van der Waals surface area contributed by atoms with Crippen LogP contribution in [0.3, 0.4) is 0 Å². The van der Waals surface area contributed by atoms with Gasteiger partial charge in [0, 0.05) is 0 Å². The van der Waals surface area contributed by atoms with Gasteiger partial charge in [-0.2, -0.15) is 0 Å². The maximum Gasteiger partial charge on any atom is 0.169 e. The zero-order chi connectivity index (χ0) is 12.6. The standard InChI is InChI=1S/C13H15F2NO/c1-4-16-8(3)11-6-9-12(15)10(14)5-7(2)13(9)17-11/h5-6,8,16H,4H2,1-3H3. The van der Waals surface area contributed by atoms with Crippen molar-refractivity contribution in [3.63, 3.8) is 0 Å². The summed E-state index contributed by atoms with van der Waals surface area (Å²) >= 11 is 0. The predicted octanol–water partition coefficient (Wildman–Crippen LogP) is 3.69. The van der Waals surface area contributed by atoms with Crippen LogP contribution in [-0.2, 0) is 0 Å². The molecule has 1 aromatic carbocycles. The predicted molar refractivity (Wildman–Crippen MR) is 63.0 cm³/mol. The number of nitrogens with one attached hydrogen (secondary N) is 1. The van der Waals surface area contributed by atoms with Gasteiger partial charge in [-0.15, -0.1) is 0 Å². The van der Waals surface area contributed by atoms with Crippen molar-refractivity contribution in [2.75, 3.05) is 6.54 Å². The highest BCUT2D eigenvalue weighted by molar-refractivity contribution is 5.81. The Morgan fingerprint density at radius 1 is 1.35 bits per heavy atom. The van der Waals surface area contributed by atoms with E-state index < -0.39 is 11.6 Å². The molecule has 0 saturated carbocycles. The van der Waals surface area contributed by atoms with E-state index in [0.29, 0.717) is 16.9 Å². The van der Waals surface area contributed by atoms with Crippen molar-refractivity contribution in [1.82, 2.24) is 5.32 Å². The molecule has 2 rings (SSSR count). The molecule has 1 atom stereocenters. The highest BCUT2D eigenvalue weighted by Crippen LogP contribution is 2.29. The Hall–Kier alpha value is -1.42. The molecule has 2 aromatic rings. The normalized spacial score (nSPS) is 13.2. The summed E-state index contributed by atoms with van der Waals surface area (Å²) in [5, 5.41) is 3.38. The summed E-state index contributed by atoms with van der Waals surface area (Å²) in [5.74, 6) is -1.06. The van der Waals surface area contributed by atoms with Crippen LogP contribution in [0.2, 0.25) is 0 Å². The van der Waals surface area contributed by atoms with Crippen LogP contribution >= 0.6 is 0 Å². The summed E-state index contributed by atoms with van der Waals surface area (Å²) < 4.78 is 32.4. The van der Waals surface area contributed by atoms with Crippen LogP contribution in [0, 0.1) is 18.6 Å². The number of halogens is 2. The van der Waals surface area contributed by atoms with E-state index in [-0.39, 0.29) is 11.4 Å². The van der Waals surface area contributed by atoms with Gasteiger partial charge in [-0.25, -0.2) is 8.78 Å². The van der Waals surface area contributed by atoms with E-state index in [1.165, 1.54) is 0 Å². The van der Waals surface area contributed by atoms with Gasteiger partial charge in [-0.05, 0) is 38.1 Å². The fourth-order valence-electron chi connectivity index (χ4n) is 1.93. The van der Waals surface area contributed by atoms with Crippen LogP contribution in [0.25, 0.3) is 11.0 Å². The summed E-state index contributed by atoms with van der Waals surface area (Å²) in [7, 11) is 0. The Morgan fingerprint density at radius 2 is 2.06 bits per heavy atom. The lowest BCUT2D eigenvalue weighted by Gasteiger charge is -2.07. The molecule has 2 nitrogen and oxygen atoms in total. The lowest BCUT2D eigenvalue weighted by molar-refractivity contribution is 0.458. The Morgan fingerprint density at radius 3 is 2.71 bits per heavy atom. The third kappa shape index (κ3) is 2.05. The minimum Gasteiger partial charge on any atom is -0.459 e. The van der Waals surface area contributed by atoms with Gasteiger partial charge < -0.3 is 9.73 Å². The average Bonchev–Trinajstić information content (AvgIpc) is 2.72. The number of benzene rings is 1. The lowest BCUT2D eigenvalue weighted by Crippen LogP contribution is -2.16. The third-order valence-electron chi connectivity index (χ3n) is 2.84. The van der Waals surface area contributed by atoms with Crippen LogP contribution in [0.4, 0.5) is 8.78 Å². The molecule has 0 spiro atoms. The van der Waals surface area contributed by atoms with Crippen molar-refractivity contribution in [3.05, 3.63) is 35.1 Å². The molecule has 0 radical (unpaired) electrons. The van der Waals surface area contributed by atoms with Gasteiger partial charge in [0.05, 0.1) is 11.4 Å². The first-order chi connectivity index (χ1) is 8.04. The summed E-state index contributed by atoms with van der Waals surface area (Å²) in [6, 6.07) is 2.70. The molecule has 4 heteroatoms. The lowest BCUT2D eigenvalue weighted by atomic mass is 10.1. The Balaban J connectivity index is 2.57. The molecular formula is C13H15F2NO. The molecular weight excluding hydrogens is 224 g/mol. The molecule has 17 heavy (non-hydrogen) atoms. The van der Waals surface area contributed by atoms with Gasteiger partial charge in [0.2, 0.25) is 0 Å². The van der Waals surface area contributed by atoms with E-state index in [0.717, 1.165) is 12.6 Å². The second-order valence-corrected chi connectivity index (χ2v) is 4.16. The van der Waals surface area contributed by atoms with Crippen LogP contribution in [0.1, 0.15) is 31.2 Å². The summed E-state index contributed by atoms with van der Waals surface area (Å²) in [5.41, 5.74) is 1.03. The van der Waals surface area contributed by atoms with Crippen molar-refractivity contribution >= 4 is 11.0 Å². The van der Waals surface area contributed by atoms with E-state index >= 15 is 0 Å². The van der Waals surface area contributed by atoms with E-state index in [1.54, 1.807) is 13.0 Å². The van der Waals surface area contributed by atoms with Gasteiger partial charge in [0.15, 0.2) is 11.6 Å². The number of furan rings is 1. The first-order valence-electron chi connectivity index (χ1n) is 5.66. The summed E-state index contributed by atoms with van der Waals surface area (Å²) in [4.78, 5) is 0. The zero-order valence-electron chi connectivity index (χ0n) is 10.1. The van der Waals surface area contributed by atoms with E-state index in [2.05, 4.69) is 5.32 Å². The molecule has 1 unspecified atom stereocenters. The smallest absolute Gasteiger partial charge is 0.169 e. The van der Waals surface area contributed by atoms with Crippen molar-refractivity contribution in [1.29, 1.82) is 0 Å². The topological polar surface area (TPSA) is 25.2 Å². The highest BCUT2D eigenvalue weighted by Gasteiger charge is 2.17. The average molecular weight is 239 g/mol. The molecule has 1 heterocycles. The van der Waals surface area contributed by atoms with Crippen LogP contribution < -0.4 is 5.32 Å². The SMILES string of the molecule is CCNC(C)c1cc2c(F)c(F)cc(C)c2o1. The zero-order valence-corrected chi connectivity index (χ0v) is 10.1. The highest BCUT2D eigenvalue weighted by atomic mass is 19.2. The summed E-state index contributed by atoms with van der Waals surface area (Å²) in [6.07, 6.45) is 0. The number of rotatable bonds is 3. The van der Waals surface area contributed by atoms with E-state index in [9.17, 15) is 8.78 Å². The van der Waals surface area contributed by atoms with Crippen molar-refractivity contribution in [2.24, 2.45) is 0 Å². The Bertz CT molecular complexity index is 548. The maximum atomic E-state index is 13.6. The molecule has 0 aliphatic carbocycles. The van der Waals surface area contributed by atoms with Crippen LogP contribution in [0.5, 0.6) is 0 Å². The number of hydrogen-bond donors (Lipinski definition) is 1. The van der Waals surface area contributed by atoms with Gasteiger partial charge in [0.25, 0.3) is 0 Å². The maximum absolute atomic E-state index is 13.6. The van der Waals surface area contributed by atoms with Crippen LogP contribution in [-0.4, -0.2) is 6.54 Å². The molecule has 92 valence electrons. The number of aryl methyl sites for hydroxylation is 1. The molecule has 1 aromatic heterocycles. The molecule has 1 N–H and O–H groups in total. The fraction of sp³-hybridized carbons (Fsp3) is 0.385. The Labute approximate surface area is 98.6 Å². The van der Waals surface area contributed by atoms with E-state index in [4.69, 9.17) is 4.42 Å². The Kier molecular flexibility index (Phi) is 3.15. The molecule has 0 amide bonds. The first-order valence-corrected chi connectivity index (χ1v) is 5.66. The molecule has 0 aliphatic rings. The first kappa shape index (κ1) is 12.0. The molecule has 0 bridgehead atoms. The quantitative estimate of drug-likeness (QED) is 0.883.